The number of carbonyl (C=O) groups excluding carboxylic acids is 1. The van der Waals surface area contributed by atoms with Crippen molar-refractivity contribution in [1.82, 2.24) is 14.6 Å². The third-order valence-corrected chi connectivity index (χ3v) is 4.55. The van der Waals surface area contributed by atoms with Crippen LogP contribution in [0.4, 0.5) is 22.1 Å². The lowest BCUT2D eigenvalue weighted by Gasteiger charge is -2.19. The number of nitrogens with zero attached hydrogens (tertiary/aromatic N) is 3. The van der Waals surface area contributed by atoms with Gasteiger partial charge in [-0.25, -0.2) is 9.31 Å². The quantitative estimate of drug-likeness (QED) is 0.434. The summed E-state index contributed by atoms with van der Waals surface area (Å²) in [6.07, 6.45) is 1.43. The van der Waals surface area contributed by atoms with E-state index >= 15 is 0 Å². The monoisotopic (exact) mass is 431 g/mol. The maximum absolute atomic E-state index is 11.9. The molecule has 0 spiro atoms. The average Bonchev–Trinajstić information content (AvgIpc) is 3.15. The Morgan fingerprint density at radius 2 is 1.69 bits per heavy atom. The van der Waals surface area contributed by atoms with Crippen molar-refractivity contribution >= 4 is 29.1 Å². The second kappa shape index (κ2) is 8.58. The third-order valence-electron chi connectivity index (χ3n) is 4.55. The molecule has 0 aliphatic rings. The minimum atomic E-state index is -0.545. The van der Waals surface area contributed by atoms with E-state index in [4.69, 9.17) is 9.47 Å². The number of hydrogen-bond acceptors (Lipinski definition) is 6. The summed E-state index contributed by atoms with van der Waals surface area (Å²) in [6.45, 7) is 5.48. The molecule has 8 heteroatoms. The van der Waals surface area contributed by atoms with E-state index in [1.165, 1.54) is 0 Å². The molecule has 0 radical (unpaired) electrons. The predicted molar refractivity (Wildman–Crippen MR) is 125 cm³/mol. The first-order valence-corrected chi connectivity index (χ1v) is 10.2. The molecule has 0 atom stereocenters. The average molecular weight is 431 g/mol. The zero-order valence-electron chi connectivity index (χ0n) is 18.4. The van der Waals surface area contributed by atoms with Gasteiger partial charge in [-0.05, 0) is 62.7 Å². The van der Waals surface area contributed by atoms with Crippen LogP contribution in [0.5, 0.6) is 5.75 Å². The number of fused-ring (bicyclic) bond motifs is 1. The lowest BCUT2D eigenvalue weighted by atomic mass is 10.1. The van der Waals surface area contributed by atoms with E-state index in [0.717, 1.165) is 22.5 Å². The number of ether oxygens (including phenoxy) is 2. The SMILES string of the molecule is COc1ccccc1Nc1nc2ccc(-c3ccc(NC(=O)OC(C)(C)C)cc3)cn2n1. The Hall–Kier alpha value is -4.07. The van der Waals surface area contributed by atoms with Gasteiger partial charge in [0.05, 0.1) is 12.8 Å². The Labute approximate surface area is 186 Å². The molecule has 0 bridgehead atoms. The zero-order chi connectivity index (χ0) is 22.7. The zero-order valence-corrected chi connectivity index (χ0v) is 18.4. The van der Waals surface area contributed by atoms with E-state index in [-0.39, 0.29) is 0 Å². The number of hydrogen-bond donors (Lipinski definition) is 2. The number of rotatable bonds is 5. The molecule has 2 N–H and O–H groups in total. The van der Waals surface area contributed by atoms with Crippen molar-refractivity contribution in [3.63, 3.8) is 0 Å². The molecular weight excluding hydrogens is 406 g/mol. The summed E-state index contributed by atoms with van der Waals surface area (Å²) < 4.78 is 12.4. The van der Waals surface area contributed by atoms with Gasteiger partial charge >= 0.3 is 6.09 Å². The largest absolute Gasteiger partial charge is 0.495 e. The summed E-state index contributed by atoms with van der Waals surface area (Å²) in [5.41, 5.74) is 3.57. The molecule has 2 aromatic heterocycles. The Kier molecular flexibility index (Phi) is 5.68. The number of para-hydroxylation sites is 2. The van der Waals surface area contributed by atoms with E-state index in [1.807, 2.05) is 87.6 Å². The van der Waals surface area contributed by atoms with Crippen molar-refractivity contribution in [3.05, 3.63) is 66.9 Å². The first-order chi connectivity index (χ1) is 15.3. The number of carbonyl (C=O) groups is 1. The molecule has 0 saturated carbocycles. The van der Waals surface area contributed by atoms with Crippen molar-refractivity contribution in [2.75, 3.05) is 17.7 Å². The molecule has 8 nitrogen and oxygen atoms in total. The fraction of sp³-hybridized carbons (Fsp3) is 0.208. The summed E-state index contributed by atoms with van der Waals surface area (Å²) in [4.78, 5) is 16.5. The molecule has 0 aliphatic carbocycles. The highest BCUT2D eigenvalue weighted by Gasteiger charge is 2.16. The van der Waals surface area contributed by atoms with Gasteiger partial charge in [-0.1, -0.05) is 24.3 Å². The van der Waals surface area contributed by atoms with Crippen LogP contribution in [0.15, 0.2) is 66.9 Å². The molecular formula is C24H25N5O3. The number of anilines is 3. The summed E-state index contributed by atoms with van der Waals surface area (Å²) in [5.74, 6) is 1.19. The Balaban J connectivity index is 1.51. The minimum absolute atomic E-state index is 0.476. The summed E-state index contributed by atoms with van der Waals surface area (Å²) in [6, 6.07) is 19.0. The van der Waals surface area contributed by atoms with E-state index in [9.17, 15) is 4.79 Å². The Morgan fingerprint density at radius 3 is 2.41 bits per heavy atom. The van der Waals surface area contributed by atoms with Gasteiger partial charge in [0.25, 0.3) is 0 Å². The van der Waals surface area contributed by atoms with Crippen molar-refractivity contribution < 1.29 is 14.3 Å². The van der Waals surface area contributed by atoms with Crippen molar-refractivity contribution in [2.24, 2.45) is 0 Å². The number of aromatic nitrogens is 3. The van der Waals surface area contributed by atoms with Crippen LogP contribution in [0.3, 0.4) is 0 Å². The Bertz CT molecular complexity index is 1240. The standard InChI is InChI=1S/C24H25N5O3/c1-24(2,3)32-23(30)25-18-12-9-16(10-13-18)17-11-14-21-27-22(28-29(21)15-17)26-19-7-5-6-8-20(19)31-4/h5-15H,1-4H3,(H,25,30)(H,26,28). The van der Waals surface area contributed by atoms with Crippen LogP contribution in [0.2, 0.25) is 0 Å². The lowest BCUT2D eigenvalue weighted by molar-refractivity contribution is 0.0636. The van der Waals surface area contributed by atoms with Gasteiger partial charge in [-0.3, -0.25) is 5.32 Å². The van der Waals surface area contributed by atoms with E-state index < -0.39 is 11.7 Å². The van der Waals surface area contributed by atoms with Gasteiger partial charge in [0.2, 0.25) is 5.95 Å². The van der Waals surface area contributed by atoms with Gasteiger partial charge in [0.15, 0.2) is 5.65 Å². The van der Waals surface area contributed by atoms with E-state index in [2.05, 4.69) is 20.7 Å². The van der Waals surface area contributed by atoms with Gasteiger partial charge in [-0.15, -0.1) is 5.10 Å². The maximum atomic E-state index is 11.9. The Morgan fingerprint density at radius 1 is 0.969 bits per heavy atom. The van der Waals surface area contributed by atoms with Crippen molar-refractivity contribution in [2.45, 2.75) is 26.4 Å². The van der Waals surface area contributed by atoms with Crippen LogP contribution in [-0.2, 0) is 4.74 Å². The predicted octanol–water partition coefficient (Wildman–Crippen LogP) is 5.50. The number of nitrogens with one attached hydrogen (secondary N) is 2. The topological polar surface area (TPSA) is 89.8 Å². The van der Waals surface area contributed by atoms with Gasteiger partial charge < -0.3 is 14.8 Å². The fourth-order valence-electron chi connectivity index (χ4n) is 3.14. The number of benzene rings is 2. The summed E-state index contributed by atoms with van der Waals surface area (Å²) >= 11 is 0. The maximum Gasteiger partial charge on any atom is 0.412 e. The normalized spacial score (nSPS) is 11.2. The highest BCUT2D eigenvalue weighted by atomic mass is 16.6. The second-order valence-electron chi connectivity index (χ2n) is 8.19. The highest BCUT2D eigenvalue weighted by Crippen LogP contribution is 2.27. The van der Waals surface area contributed by atoms with Crippen LogP contribution in [0.25, 0.3) is 16.8 Å². The van der Waals surface area contributed by atoms with Crippen LogP contribution < -0.4 is 15.4 Å². The van der Waals surface area contributed by atoms with Crippen LogP contribution >= 0.6 is 0 Å². The molecule has 0 fully saturated rings. The number of amides is 1. The molecule has 2 aromatic carbocycles. The first-order valence-electron chi connectivity index (χ1n) is 10.2. The van der Waals surface area contributed by atoms with Gasteiger partial charge in [0, 0.05) is 17.4 Å². The number of pyridine rings is 1. The molecule has 2 heterocycles. The first kappa shape index (κ1) is 21.2. The van der Waals surface area contributed by atoms with Gasteiger partial charge in [0.1, 0.15) is 11.4 Å². The van der Waals surface area contributed by atoms with E-state index in [0.29, 0.717) is 17.4 Å². The van der Waals surface area contributed by atoms with Crippen molar-refractivity contribution in [3.8, 4) is 16.9 Å². The number of methoxy groups -OCH3 is 1. The van der Waals surface area contributed by atoms with Crippen molar-refractivity contribution in [1.29, 1.82) is 0 Å². The lowest BCUT2D eigenvalue weighted by Crippen LogP contribution is -2.27. The molecule has 4 aromatic rings. The molecule has 0 saturated heterocycles. The molecule has 164 valence electrons. The molecule has 0 aliphatic heterocycles. The second-order valence-corrected chi connectivity index (χ2v) is 8.19. The minimum Gasteiger partial charge on any atom is -0.495 e. The van der Waals surface area contributed by atoms with Crippen LogP contribution in [0, 0.1) is 0 Å². The molecule has 32 heavy (non-hydrogen) atoms. The smallest absolute Gasteiger partial charge is 0.412 e. The highest BCUT2D eigenvalue weighted by molar-refractivity contribution is 5.85. The third kappa shape index (κ3) is 4.97. The molecule has 1 amide bonds. The fourth-order valence-corrected chi connectivity index (χ4v) is 3.14. The van der Waals surface area contributed by atoms with Crippen LogP contribution in [-0.4, -0.2) is 33.4 Å². The molecule has 0 unspecified atom stereocenters. The molecule has 4 rings (SSSR count). The summed E-state index contributed by atoms with van der Waals surface area (Å²) in [5, 5.41) is 10.5. The van der Waals surface area contributed by atoms with Crippen LogP contribution in [0.1, 0.15) is 20.8 Å². The van der Waals surface area contributed by atoms with E-state index in [1.54, 1.807) is 11.6 Å². The summed E-state index contributed by atoms with van der Waals surface area (Å²) in [7, 11) is 1.62. The van der Waals surface area contributed by atoms with Gasteiger partial charge in [-0.2, -0.15) is 4.98 Å².